The van der Waals surface area contributed by atoms with Crippen LogP contribution in [-0.4, -0.2) is 17.4 Å². The Labute approximate surface area is 113 Å². The number of aromatic nitrogens is 1. The molecule has 2 nitrogen and oxygen atoms in total. The van der Waals surface area contributed by atoms with Crippen molar-refractivity contribution in [3.63, 3.8) is 0 Å². The second-order valence-electron chi connectivity index (χ2n) is 4.56. The largest absolute Gasteiger partial charge is 0.496 e. The molecule has 0 aromatic carbocycles. The molecule has 0 aliphatic heterocycles. The first-order chi connectivity index (χ1) is 8.13. The van der Waals surface area contributed by atoms with Gasteiger partial charge in [-0.2, -0.15) is 0 Å². The number of pyridine rings is 1. The highest BCUT2D eigenvalue weighted by atomic mass is 79.9. The first kappa shape index (κ1) is 14.5. The molecule has 96 valence electrons. The van der Waals surface area contributed by atoms with Gasteiger partial charge in [-0.25, -0.2) is 0 Å². The fraction of sp³-hybridized carbons (Fsp3) is 0.643. The first-order valence-corrected chi connectivity index (χ1v) is 7.31. The molecule has 0 fully saturated rings. The molecule has 1 aromatic heterocycles. The van der Waals surface area contributed by atoms with Crippen LogP contribution in [0.1, 0.15) is 36.6 Å². The summed E-state index contributed by atoms with van der Waals surface area (Å²) < 4.78 is 5.44. The van der Waals surface area contributed by atoms with Crippen molar-refractivity contribution in [2.75, 3.05) is 12.4 Å². The van der Waals surface area contributed by atoms with Gasteiger partial charge in [-0.1, -0.05) is 29.3 Å². The SMILES string of the molecule is CCCC(CBr)Cc1ncc(C)c(OC)c1C. The van der Waals surface area contributed by atoms with Crippen molar-refractivity contribution >= 4 is 15.9 Å². The second-order valence-corrected chi connectivity index (χ2v) is 5.21. The molecule has 1 unspecified atom stereocenters. The van der Waals surface area contributed by atoms with Crippen molar-refractivity contribution in [1.29, 1.82) is 0 Å². The zero-order valence-electron chi connectivity index (χ0n) is 11.2. The van der Waals surface area contributed by atoms with E-state index in [0.29, 0.717) is 5.92 Å². The lowest BCUT2D eigenvalue weighted by atomic mass is 9.97. The lowest BCUT2D eigenvalue weighted by molar-refractivity contribution is 0.405. The minimum Gasteiger partial charge on any atom is -0.496 e. The van der Waals surface area contributed by atoms with E-state index in [1.54, 1.807) is 7.11 Å². The fourth-order valence-electron chi connectivity index (χ4n) is 2.19. The van der Waals surface area contributed by atoms with E-state index in [9.17, 15) is 0 Å². The highest BCUT2D eigenvalue weighted by molar-refractivity contribution is 9.09. The van der Waals surface area contributed by atoms with Crippen LogP contribution in [0.3, 0.4) is 0 Å². The molecule has 0 bridgehead atoms. The summed E-state index contributed by atoms with van der Waals surface area (Å²) in [4.78, 5) is 4.56. The van der Waals surface area contributed by atoms with Gasteiger partial charge in [0.2, 0.25) is 0 Å². The molecule has 0 aliphatic carbocycles. The van der Waals surface area contributed by atoms with Crippen LogP contribution in [0.25, 0.3) is 0 Å². The minimum absolute atomic E-state index is 0.665. The van der Waals surface area contributed by atoms with Gasteiger partial charge in [0.15, 0.2) is 0 Å². The molecule has 0 radical (unpaired) electrons. The van der Waals surface area contributed by atoms with E-state index in [1.807, 2.05) is 13.1 Å². The van der Waals surface area contributed by atoms with Crippen LogP contribution in [0.5, 0.6) is 5.75 Å². The molecule has 0 saturated carbocycles. The molecule has 0 aliphatic rings. The maximum atomic E-state index is 5.44. The van der Waals surface area contributed by atoms with Crippen molar-refractivity contribution in [2.24, 2.45) is 5.92 Å². The van der Waals surface area contributed by atoms with Crippen LogP contribution in [0, 0.1) is 19.8 Å². The van der Waals surface area contributed by atoms with Gasteiger partial charge >= 0.3 is 0 Å². The molecular formula is C14H22BrNO. The van der Waals surface area contributed by atoms with Crippen molar-refractivity contribution in [1.82, 2.24) is 4.98 Å². The predicted octanol–water partition coefficient (Wildman–Crippen LogP) is 4.06. The van der Waals surface area contributed by atoms with Gasteiger partial charge in [-0.3, -0.25) is 4.98 Å². The Morgan fingerprint density at radius 2 is 2.12 bits per heavy atom. The standard InChI is InChI=1S/C14H22BrNO/c1-5-6-12(8-15)7-13-11(3)14(17-4)10(2)9-16-13/h9,12H,5-8H2,1-4H3. The Morgan fingerprint density at radius 3 is 2.65 bits per heavy atom. The summed E-state index contributed by atoms with van der Waals surface area (Å²) in [7, 11) is 1.73. The number of nitrogens with zero attached hydrogens (tertiary/aromatic N) is 1. The Bertz CT molecular complexity index is 365. The average molecular weight is 300 g/mol. The molecular weight excluding hydrogens is 278 g/mol. The molecule has 0 amide bonds. The quantitative estimate of drug-likeness (QED) is 0.739. The highest BCUT2D eigenvalue weighted by Crippen LogP contribution is 2.26. The number of methoxy groups -OCH3 is 1. The Hall–Kier alpha value is -0.570. The molecule has 17 heavy (non-hydrogen) atoms. The Morgan fingerprint density at radius 1 is 1.41 bits per heavy atom. The van der Waals surface area contributed by atoms with Crippen molar-refractivity contribution in [3.05, 3.63) is 23.0 Å². The first-order valence-electron chi connectivity index (χ1n) is 6.19. The maximum absolute atomic E-state index is 5.44. The summed E-state index contributed by atoms with van der Waals surface area (Å²) in [6.07, 6.45) is 5.40. The number of rotatable bonds is 6. The molecule has 0 N–H and O–H groups in total. The lowest BCUT2D eigenvalue weighted by Gasteiger charge is -2.16. The zero-order valence-corrected chi connectivity index (χ0v) is 12.8. The van der Waals surface area contributed by atoms with Crippen molar-refractivity contribution in [2.45, 2.75) is 40.0 Å². The number of alkyl halides is 1. The fourth-order valence-corrected chi connectivity index (χ4v) is 2.74. The smallest absolute Gasteiger partial charge is 0.128 e. The summed E-state index contributed by atoms with van der Waals surface area (Å²) in [6.45, 7) is 6.37. The van der Waals surface area contributed by atoms with Gasteiger partial charge in [0.05, 0.1) is 7.11 Å². The molecule has 1 heterocycles. The van der Waals surface area contributed by atoms with Crippen LogP contribution in [-0.2, 0) is 6.42 Å². The number of hydrogen-bond donors (Lipinski definition) is 0. The van der Waals surface area contributed by atoms with Crippen LogP contribution >= 0.6 is 15.9 Å². The second kappa shape index (κ2) is 7.00. The van der Waals surface area contributed by atoms with Gasteiger partial charge in [0.1, 0.15) is 5.75 Å². The van der Waals surface area contributed by atoms with Crippen molar-refractivity contribution < 1.29 is 4.74 Å². The predicted molar refractivity (Wildman–Crippen MR) is 76.2 cm³/mol. The van der Waals surface area contributed by atoms with Gasteiger partial charge < -0.3 is 4.74 Å². The van der Waals surface area contributed by atoms with Crippen LogP contribution < -0.4 is 4.74 Å². The van der Waals surface area contributed by atoms with E-state index in [0.717, 1.165) is 23.1 Å². The monoisotopic (exact) mass is 299 g/mol. The van der Waals surface area contributed by atoms with E-state index in [4.69, 9.17) is 4.74 Å². The summed E-state index contributed by atoms with van der Waals surface area (Å²) >= 11 is 3.59. The van der Waals surface area contributed by atoms with E-state index in [-0.39, 0.29) is 0 Å². The number of ether oxygens (including phenoxy) is 1. The van der Waals surface area contributed by atoms with Gasteiger partial charge in [0.25, 0.3) is 0 Å². The topological polar surface area (TPSA) is 22.1 Å². The Kier molecular flexibility index (Phi) is 5.96. The third kappa shape index (κ3) is 3.70. The average Bonchev–Trinajstić information content (AvgIpc) is 2.32. The van der Waals surface area contributed by atoms with E-state index in [2.05, 4.69) is 34.8 Å². The summed E-state index contributed by atoms with van der Waals surface area (Å²) in [5, 5.41) is 1.04. The third-order valence-corrected chi connectivity index (χ3v) is 4.06. The summed E-state index contributed by atoms with van der Waals surface area (Å²) in [5.41, 5.74) is 3.47. The van der Waals surface area contributed by atoms with Crippen LogP contribution in [0.15, 0.2) is 6.20 Å². The molecule has 1 rings (SSSR count). The minimum atomic E-state index is 0.665. The molecule has 1 aromatic rings. The number of aryl methyl sites for hydroxylation is 1. The van der Waals surface area contributed by atoms with Gasteiger partial charge in [0, 0.05) is 28.3 Å². The molecule has 0 spiro atoms. The molecule has 3 heteroatoms. The summed E-state index contributed by atoms with van der Waals surface area (Å²) in [5.74, 6) is 1.65. The maximum Gasteiger partial charge on any atom is 0.128 e. The summed E-state index contributed by atoms with van der Waals surface area (Å²) in [6, 6.07) is 0. The molecule has 1 atom stereocenters. The zero-order chi connectivity index (χ0) is 12.8. The van der Waals surface area contributed by atoms with E-state index in [1.165, 1.54) is 24.1 Å². The Balaban J connectivity index is 2.91. The third-order valence-electron chi connectivity index (χ3n) is 3.15. The number of halogens is 1. The molecule has 0 saturated heterocycles. The lowest BCUT2D eigenvalue weighted by Crippen LogP contribution is -2.09. The normalized spacial score (nSPS) is 12.5. The van der Waals surface area contributed by atoms with Gasteiger partial charge in [-0.05, 0) is 32.6 Å². The van der Waals surface area contributed by atoms with Crippen LogP contribution in [0.2, 0.25) is 0 Å². The van der Waals surface area contributed by atoms with E-state index < -0.39 is 0 Å². The van der Waals surface area contributed by atoms with Gasteiger partial charge in [-0.15, -0.1) is 0 Å². The highest BCUT2D eigenvalue weighted by Gasteiger charge is 2.14. The van der Waals surface area contributed by atoms with Crippen molar-refractivity contribution in [3.8, 4) is 5.75 Å². The number of hydrogen-bond acceptors (Lipinski definition) is 2. The van der Waals surface area contributed by atoms with Crippen LogP contribution in [0.4, 0.5) is 0 Å². The van der Waals surface area contributed by atoms with E-state index >= 15 is 0 Å².